The third-order valence-corrected chi connectivity index (χ3v) is 1.72. The Kier molecular flexibility index (Phi) is 1.85. The van der Waals surface area contributed by atoms with Gasteiger partial charge in [0.1, 0.15) is 17.7 Å². The Morgan fingerprint density at radius 2 is 2.29 bits per heavy atom. The van der Waals surface area contributed by atoms with Gasteiger partial charge in [-0.2, -0.15) is 0 Å². The minimum absolute atomic E-state index is 0.0766. The van der Waals surface area contributed by atoms with Crippen LogP contribution in [0.3, 0.4) is 0 Å². The standard InChI is InChI=1S/C9H7NO4/c11-5-1-2-7-6(3-5)10-8(14-7)4-9(12)13/h1-3,11H,4H2,(H,12,13). The summed E-state index contributed by atoms with van der Waals surface area (Å²) in [4.78, 5) is 14.3. The van der Waals surface area contributed by atoms with Crippen LogP contribution in [0.4, 0.5) is 0 Å². The number of carboxylic acids is 1. The van der Waals surface area contributed by atoms with Crippen molar-refractivity contribution in [3.8, 4) is 5.75 Å². The van der Waals surface area contributed by atoms with Crippen LogP contribution in [0.25, 0.3) is 11.1 Å². The van der Waals surface area contributed by atoms with Gasteiger partial charge in [-0.1, -0.05) is 0 Å². The number of carboxylic acid groups (broad SMARTS) is 1. The van der Waals surface area contributed by atoms with E-state index < -0.39 is 5.97 Å². The van der Waals surface area contributed by atoms with Gasteiger partial charge in [0.2, 0.25) is 5.89 Å². The average molecular weight is 193 g/mol. The summed E-state index contributed by atoms with van der Waals surface area (Å²) in [5, 5.41) is 17.6. The quantitative estimate of drug-likeness (QED) is 0.747. The first kappa shape index (κ1) is 8.55. The molecular formula is C9H7NO4. The number of aromatic nitrogens is 1. The number of fused-ring (bicyclic) bond motifs is 1. The molecule has 0 bridgehead atoms. The highest BCUT2D eigenvalue weighted by atomic mass is 16.4. The van der Waals surface area contributed by atoms with Crippen molar-refractivity contribution >= 4 is 17.1 Å². The number of hydrogen-bond acceptors (Lipinski definition) is 4. The van der Waals surface area contributed by atoms with E-state index in [9.17, 15) is 4.79 Å². The fourth-order valence-corrected chi connectivity index (χ4v) is 1.17. The van der Waals surface area contributed by atoms with Gasteiger partial charge in [-0.15, -0.1) is 0 Å². The Bertz CT molecular complexity index is 489. The molecule has 2 aromatic rings. The maximum absolute atomic E-state index is 10.4. The predicted molar refractivity (Wildman–Crippen MR) is 47.0 cm³/mol. The Balaban J connectivity index is 2.46. The summed E-state index contributed by atoms with van der Waals surface area (Å²) in [5.74, 6) is -0.786. The molecule has 2 N–H and O–H groups in total. The molecule has 0 aliphatic rings. The second-order valence-electron chi connectivity index (χ2n) is 2.83. The monoisotopic (exact) mass is 193 g/mol. The molecule has 1 heterocycles. The normalized spacial score (nSPS) is 10.6. The maximum Gasteiger partial charge on any atom is 0.312 e. The Labute approximate surface area is 78.6 Å². The molecule has 5 nitrogen and oxygen atoms in total. The van der Waals surface area contributed by atoms with E-state index in [4.69, 9.17) is 14.6 Å². The van der Waals surface area contributed by atoms with Crippen LogP contribution in [0.5, 0.6) is 5.75 Å². The van der Waals surface area contributed by atoms with Crippen LogP contribution in [-0.2, 0) is 11.2 Å². The molecule has 0 saturated carbocycles. The van der Waals surface area contributed by atoms with E-state index in [0.717, 1.165) is 0 Å². The minimum atomic E-state index is -0.999. The van der Waals surface area contributed by atoms with Crippen molar-refractivity contribution in [2.24, 2.45) is 0 Å². The molecule has 14 heavy (non-hydrogen) atoms. The molecule has 0 saturated heterocycles. The number of nitrogens with zero attached hydrogens (tertiary/aromatic N) is 1. The van der Waals surface area contributed by atoms with Gasteiger partial charge >= 0.3 is 5.97 Å². The van der Waals surface area contributed by atoms with Gasteiger partial charge in [0.25, 0.3) is 0 Å². The second-order valence-corrected chi connectivity index (χ2v) is 2.83. The number of hydrogen-bond donors (Lipinski definition) is 2. The lowest BCUT2D eigenvalue weighted by atomic mass is 10.3. The molecule has 5 heteroatoms. The molecule has 0 radical (unpaired) electrons. The van der Waals surface area contributed by atoms with Gasteiger partial charge in [-0.25, -0.2) is 4.98 Å². The van der Waals surface area contributed by atoms with Crippen molar-refractivity contribution < 1.29 is 19.4 Å². The summed E-state index contributed by atoms with van der Waals surface area (Å²) < 4.78 is 5.13. The topological polar surface area (TPSA) is 83.6 Å². The largest absolute Gasteiger partial charge is 0.508 e. The van der Waals surface area contributed by atoms with Crippen molar-refractivity contribution in [1.29, 1.82) is 0 Å². The van der Waals surface area contributed by atoms with Gasteiger partial charge < -0.3 is 14.6 Å². The summed E-state index contributed by atoms with van der Waals surface area (Å²) in [6.07, 6.45) is -0.255. The van der Waals surface area contributed by atoms with Crippen LogP contribution in [-0.4, -0.2) is 21.2 Å². The number of phenols is 1. The number of carbonyl (C=O) groups is 1. The highest BCUT2D eigenvalue weighted by molar-refractivity contribution is 5.76. The zero-order valence-electron chi connectivity index (χ0n) is 7.10. The third-order valence-electron chi connectivity index (χ3n) is 1.72. The average Bonchev–Trinajstić information content (AvgIpc) is 2.44. The van der Waals surface area contributed by atoms with Crippen LogP contribution in [0.2, 0.25) is 0 Å². The minimum Gasteiger partial charge on any atom is -0.508 e. The molecule has 0 fully saturated rings. The third kappa shape index (κ3) is 1.52. The van der Waals surface area contributed by atoms with Crippen molar-refractivity contribution in [2.45, 2.75) is 6.42 Å². The van der Waals surface area contributed by atoms with Crippen molar-refractivity contribution in [2.75, 3.05) is 0 Å². The van der Waals surface area contributed by atoms with Gasteiger partial charge in [0.05, 0.1) is 0 Å². The van der Waals surface area contributed by atoms with Crippen LogP contribution in [0.15, 0.2) is 22.6 Å². The lowest BCUT2D eigenvalue weighted by Crippen LogP contribution is -1.99. The van der Waals surface area contributed by atoms with Gasteiger partial charge in [0, 0.05) is 6.07 Å². The van der Waals surface area contributed by atoms with Crippen LogP contribution in [0, 0.1) is 0 Å². The smallest absolute Gasteiger partial charge is 0.312 e. The summed E-state index contributed by atoms with van der Waals surface area (Å²) >= 11 is 0. The molecule has 1 aromatic carbocycles. The molecule has 0 aliphatic carbocycles. The summed E-state index contributed by atoms with van der Waals surface area (Å²) in [7, 11) is 0. The molecule has 0 atom stereocenters. The maximum atomic E-state index is 10.4. The number of benzene rings is 1. The Morgan fingerprint density at radius 3 is 3.00 bits per heavy atom. The molecule has 0 amide bonds. The van der Waals surface area contributed by atoms with E-state index in [-0.39, 0.29) is 18.1 Å². The van der Waals surface area contributed by atoms with Crippen LogP contribution >= 0.6 is 0 Å². The summed E-state index contributed by atoms with van der Waals surface area (Å²) in [6.45, 7) is 0. The lowest BCUT2D eigenvalue weighted by Gasteiger charge is -1.87. The van der Waals surface area contributed by atoms with Gasteiger partial charge in [0.15, 0.2) is 5.58 Å². The van der Waals surface area contributed by atoms with E-state index in [1.165, 1.54) is 12.1 Å². The van der Waals surface area contributed by atoms with Crippen LogP contribution in [0.1, 0.15) is 5.89 Å². The molecule has 0 aliphatic heterocycles. The number of rotatable bonds is 2. The molecule has 72 valence electrons. The lowest BCUT2D eigenvalue weighted by molar-refractivity contribution is -0.136. The first-order valence-electron chi connectivity index (χ1n) is 3.95. The van der Waals surface area contributed by atoms with E-state index in [1.807, 2.05) is 0 Å². The molecule has 2 rings (SSSR count). The van der Waals surface area contributed by atoms with Gasteiger partial charge in [-0.05, 0) is 12.1 Å². The van der Waals surface area contributed by atoms with E-state index in [1.54, 1.807) is 6.07 Å². The van der Waals surface area contributed by atoms with Crippen LogP contribution < -0.4 is 0 Å². The summed E-state index contributed by atoms with van der Waals surface area (Å²) in [5.41, 5.74) is 0.931. The Hall–Kier alpha value is -2.04. The SMILES string of the molecule is O=C(O)Cc1nc2cc(O)ccc2o1. The van der Waals surface area contributed by atoms with Gasteiger partial charge in [-0.3, -0.25) is 4.79 Å². The van der Waals surface area contributed by atoms with E-state index >= 15 is 0 Å². The molecular weight excluding hydrogens is 186 g/mol. The second kappa shape index (κ2) is 3.02. The zero-order valence-corrected chi connectivity index (χ0v) is 7.10. The molecule has 0 spiro atoms. The molecule has 1 aromatic heterocycles. The Morgan fingerprint density at radius 1 is 1.50 bits per heavy atom. The van der Waals surface area contributed by atoms with Crippen molar-refractivity contribution in [3.63, 3.8) is 0 Å². The zero-order chi connectivity index (χ0) is 10.1. The highest BCUT2D eigenvalue weighted by Crippen LogP contribution is 2.20. The highest BCUT2D eigenvalue weighted by Gasteiger charge is 2.09. The number of aromatic hydroxyl groups is 1. The fourth-order valence-electron chi connectivity index (χ4n) is 1.17. The summed E-state index contributed by atoms with van der Waals surface area (Å²) in [6, 6.07) is 4.42. The van der Waals surface area contributed by atoms with E-state index in [2.05, 4.69) is 4.98 Å². The number of phenolic OH excluding ortho intramolecular Hbond substituents is 1. The predicted octanol–water partition coefficient (Wildman–Crippen LogP) is 1.16. The van der Waals surface area contributed by atoms with Crippen molar-refractivity contribution in [1.82, 2.24) is 4.98 Å². The van der Waals surface area contributed by atoms with E-state index in [0.29, 0.717) is 11.1 Å². The number of aliphatic carboxylic acids is 1. The number of oxazole rings is 1. The molecule has 0 unspecified atom stereocenters. The fraction of sp³-hybridized carbons (Fsp3) is 0.111. The van der Waals surface area contributed by atoms with Crippen molar-refractivity contribution in [3.05, 3.63) is 24.1 Å². The first-order valence-corrected chi connectivity index (χ1v) is 3.95. The first-order chi connectivity index (χ1) is 6.65.